The third-order valence-corrected chi connectivity index (χ3v) is 6.98. The molecule has 1 saturated heterocycles. The predicted molar refractivity (Wildman–Crippen MR) is 132 cm³/mol. The van der Waals surface area contributed by atoms with Crippen molar-refractivity contribution >= 4 is 17.7 Å². The number of rotatable bonds is 6. The highest BCUT2D eigenvalue weighted by Gasteiger charge is 2.42. The topological polar surface area (TPSA) is 69.7 Å². The molecule has 1 N–H and O–H groups in total. The quantitative estimate of drug-likeness (QED) is 0.673. The van der Waals surface area contributed by atoms with Gasteiger partial charge in [-0.25, -0.2) is 4.39 Å². The Morgan fingerprint density at radius 2 is 1.63 bits per heavy atom. The fraction of sp³-hybridized carbons (Fsp3) is 0.464. The van der Waals surface area contributed by atoms with E-state index in [2.05, 4.69) is 5.32 Å². The maximum Gasteiger partial charge on any atom is 0.251 e. The van der Waals surface area contributed by atoms with Crippen LogP contribution in [-0.4, -0.2) is 46.7 Å². The largest absolute Gasteiger partial charge is 0.352 e. The summed E-state index contributed by atoms with van der Waals surface area (Å²) in [6, 6.07) is 12.7. The monoisotopic (exact) mass is 479 g/mol. The summed E-state index contributed by atoms with van der Waals surface area (Å²) in [4.78, 5) is 42.4. The number of piperazine rings is 1. The van der Waals surface area contributed by atoms with E-state index in [0.717, 1.165) is 36.8 Å². The molecule has 1 unspecified atom stereocenters. The summed E-state index contributed by atoms with van der Waals surface area (Å²) < 4.78 is 14.8. The molecule has 3 amide bonds. The first-order chi connectivity index (χ1) is 16.9. The second kappa shape index (κ2) is 11.5. The molecule has 1 aliphatic heterocycles. The number of hydrogen-bond donors (Lipinski definition) is 1. The molecule has 1 aliphatic carbocycles. The van der Waals surface area contributed by atoms with E-state index in [1.54, 1.807) is 12.1 Å². The molecule has 6 nitrogen and oxygen atoms in total. The van der Waals surface area contributed by atoms with Crippen molar-refractivity contribution in [3.05, 3.63) is 71.0 Å². The fourth-order valence-electron chi connectivity index (χ4n) is 5.03. The smallest absolute Gasteiger partial charge is 0.251 e. The lowest BCUT2D eigenvalue weighted by Gasteiger charge is -2.40. The van der Waals surface area contributed by atoms with Crippen LogP contribution in [0.25, 0.3) is 0 Å². The zero-order valence-corrected chi connectivity index (χ0v) is 20.3. The molecule has 4 rings (SSSR count). The maximum absolute atomic E-state index is 14.8. The molecule has 1 atom stereocenters. The Labute approximate surface area is 206 Å². The fourth-order valence-corrected chi connectivity index (χ4v) is 5.03. The van der Waals surface area contributed by atoms with E-state index in [1.807, 2.05) is 31.2 Å². The van der Waals surface area contributed by atoms with Crippen molar-refractivity contribution in [3.63, 3.8) is 0 Å². The van der Waals surface area contributed by atoms with Gasteiger partial charge in [0.25, 0.3) is 5.91 Å². The summed E-state index contributed by atoms with van der Waals surface area (Å²) in [5.41, 5.74) is 2.08. The standard InChI is InChI=1S/C28H34FN3O3/c1-20-13-15-21(16-14-20)17-32-26(34)19-31(28(35)27(32)23-11-7-8-12-24(23)29)18-25(33)30-22-9-5-3-2-4-6-10-22/h7-8,11-16,22,27H,2-6,9-10,17-19H2,1H3,(H,30,33). The van der Waals surface area contributed by atoms with E-state index in [9.17, 15) is 18.8 Å². The molecule has 0 spiro atoms. The van der Waals surface area contributed by atoms with Crippen LogP contribution in [0, 0.1) is 12.7 Å². The number of aryl methyl sites for hydroxylation is 1. The molecule has 35 heavy (non-hydrogen) atoms. The highest BCUT2D eigenvalue weighted by molar-refractivity contribution is 5.97. The van der Waals surface area contributed by atoms with Gasteiger partial charge in [0.15, 0.2) is 0 Å². The third kappa shape index (κ3) is 6.27. The van der Waals surface area contributed by atoms with Crippen LogP contribution in [0.15, 0.2) is 48.5 Å². The van der Waals surface area contributed by atoms with Crippen LogP contribution in [-0.2, 0) is 20.9 Å². The van der Waals surface area contributed by atoms with Gasteiger partial charge in [0.2, 0.25) is 11.8 Å². The number of amides is 3. The molecule has 2 aliphatic rings. The normalized spacial score (nSPS) is 19.9. The van der Waals surface area contributed by atoms with Gasteiger partial charge in [-0.15, -0.1) is 0 Å². The lowest BCUT2D eigenvalue weighted by molar-refractivity contribution is -0.158. The molecule has 2 aromatic rings. The number of nitrogens with one attached hydrogen (secondary N) is 1. The Hall–Kier alpha value is -3.22. The average Bonchev–Trinajstić information content (AvgIpc) is 2.81. The minimum atomic E-state index is -1.12. The highest BCUT2D eigenvalue weighted by Crippen LogP contribution is 2.31. The summed E-state index contributed by atoms with van der Waals surface area (Å²) >= 11 is 0. The van der Waals surface area contributed by atoms with Gasteiger partial charge in [-0.1, -0.05) is 80.1 Å². The van der Waals surface area contributed by atoms with Gasteiger partial charge in [0.1, 0.15) is 24.9 Å². The summed E-state index contributed by atoms with van der Waals surface area (Å²) in [5.74, 6) is -1.56. The lowest BCUT2D eigenvalue weighted by Crippen LogP contribution is -2.57. The molecule has 0 bridgehead atoms. The predicted octanol–water partition coefficient (Wildman–Crippen LogP) is 4.28. The van der Waals surface area contributed by atoms with Crippen LogP contribution in [0.3, 0.4) is 0 Å². The summed E-state index contributed by atoms with van der Waals surface area (Å²) in [5, 5.41) is 3.06. The van der Waals surface area contributed by atoms with E-state index >= 15 is 0 Å². The summed E-state index contributed by atoms with van der Waals surface area (Å²) in [6.45, 7) is 1.76. The van der Waals surface area contributed by atoms with Crippen LogP contribution < -0.4 is 5.32 Å². The average molecular weight is 480 g/mol. The highest BCUT2D eigenvalue weighted by atomic mass is 19.1. The summed E-state index contributed by atoms with van der Waals surface area (Å²) in [6.07, 6.45) is 7.60. The summed E-state index contributed by atoms with van der Waals surface area (Å²) in [7, 11) is 0. The van der Waals surface area contributed by atoms with Gasteiger partial charge in [0.05, 0.1) is 0 Å². The number of carbonyl (C=O) groups excluding carboxylic acids is 3. The minimum absolute atomic E-state index is 0.0961. The van der Waals surface area contributed by atoms with Crippen molar-refractivity contribution < 1.29 is 18.8 Å². The molecule has 0 radical (unpaired) electrons. The molecule has 1 heterocycles. The van der Waals surface area contributed by atoms with Gasteiger partial charge in [-0.2, -0.15) is 0 Å². The van der Waals surface area contributed by atoms with E-state index in [0.29, 0.717) is 0 Å². The Morgan fingerprint density at radius 1 is 0.971 bits per heavy atom. The number of halogens is 1. The van der Waals surface area contributed by atoms with Crippen LogP contribution in [0.1, 0.15) is 67.7 Å². The van der Waals surface area contributed by atoms with Crippen LogP contribution in [0.2, 0.25) is 0 Å². The Morgan fingerprint density at radius 3 is 2.31 bits per heavy atom. The van der Waals surface area contributed by atoms with Crippen molar-refractivity contribution in [2.45, 2.75) is 70.5 Å². The lowest BCUT2D eigenvalue weighted by atomic mass is 9.96. The third-order valence-electron chi connectivity index (χ3n) is 6.98. The van der Waals surface area contributed by atoms with Gasteiger partial charge in [-0.3, -0.25) is 14.4 Å². The number of hydrogen-bond acceptors (Lipinski definition) is 3. The van der Waals surface area contributed by atoms with Crippen molar-refractivity contribution in [2.75, 3.05) is 13.1 Å². The molecule has 2 fully saturated rings. The van der Waals surface area contributed by atoms with Crippen molar-refractivity contribution in [1.82, 2.24) is 15.1 Å². The Kier molecular flexibility index (Phi) is 8.16. The second-order valence-corrected chi connectivity index (χ2v) is 9.74. The molecule has 1 saturated carbocycles. The first kappa shape index (κ1) is 24.9. The number of nitrogens with zero attached hydrogens (tertiary/aromatic N) is 2. The molecule has 186 valence electrons. The van der Waals surface area contributed by atoms with Gasteiger partial charge < -0.3 is 15.1 Å². The van der Waals surface area contributed by atoms with Crippen molar-refractivity contribution in [2.24, 2.45) is 0 Å². The van der Waals surface area contributed by atoms with Gasteiger partial charge in [0, 0.05) is 18.2 Å². The zero-order valence-electron chi connectivity index (χ0n) is 20.3. The molecular weight excluding hydrogens is 445 g/mol. The molecule has 0 aromatic heterocycles. The van der Waals surface area contributed by atoms with Crippen LogP contribution in [0.4, 0.5) is 4.39 Å². The van der Waals surface area contributed by atoms with Crippen LogP contribution in [0.5, 0.6) is 0 Å². The van der Waals surface area contributed by atoms with Crippen molar-refractivity contribution in [1.29, 1.82) is 0 Å². The Balaban J connectivity index is 1.52. The molecule has 2 aromatic carbocycles. The van der Waals surface area contributed by atoms with E-state index in [-0.39, 0.29) is 43.1 Å². The van der Waals surface area contributed by atoms with E-state index in [4.69, 9.17) is 0 Å². The number of carbonyl (C=O) groups is 3. The van der Waals surface area contributed by atoms with Crippen LogP contribution >= 0.6 is 0 Å². The second-order valence-electron chi connectivity index (χ2n) is 9.74. The first-order valence-corrected chi connectivity index (χ1v) is 12.6. The zero-order chi connectivity index (χ0) is 24.8. The number of benzene rings is 2. The SMILES string of the molecule is Cc1ccc(CN2C(=O)CN(CC(=O)NC3CCCCCCC3)C(=O)C2c2ccccc2F)cc1. The van der Waals surface area contributed by atoms with Gasteiger partial charge in [-0.05, 0) is 31.4 Å². The van der Waals surface area contributed by atoms with E-state index < -0.39 is 17.8 Å². The van der Waals surface area contributed by atoms with Crippen molar-refractivity contribution in [3.8, 4) is 0 Å². The molecular formula is C28H34FN3O3. The van der Waals surface area contributed by atoms with E-state index in [1.165, 1.54) is 41.2 Å². The Bertz CT molecular complexity index is 1050. The first-order valence-electron chi connectivity index (χ1n) is 12.6. The molecule has 7 heteroatoms. The maximum atomic E-state index is 14.8. The minimum Gasteiger partial charge on any atom is -0.352 e. The van der Waals surface area contributed by atoms with Gasteiger partial charge >= 0.3 is 0 Å².